The molecule has 0 fully saturated rings. The topological polar surface area (TPSA) is 62.4 Å². The number of nitrogens with one attached hydrogen (secondary N) is 3. The second-order valence-corrected chi connectivity index (χ2v) is 9.40. The molecule has 0 bridgehead atoms. The van der Waals surface area contributed by atoms with Crippen molar-refractivity contribution in [3.63, 3.8) is 0 Å². The largest absolute Gasteiger partial charge is 0.457 e. The number of allylic oxidation sites excluding steroid dienone is 3. The second kappa shape index (κ2) is 11.9. The zero-order valence-electron chi connectivity index (χ0n) is 21.7. The molecule has 4 rings (SSSR count). The number of alkyl halides is 3. The molecule has 3 N–H and O–H groups in total. The molecule has 0 saturated carbocycles. The Morgan fingerprint density at radius 2 is 1.69 bits per heavy atom. The molecule has 5 nitrogen and oxygen atoms in total. The first-order chi connectivity index (χ1) is 18.6. The number of hydrogen-bond acceptors (Lipinski definition) is 3. The lowest BCUT2D eigenvalue weighted by Crippen LogP contribution is -2.19. The Kier molecular flexibility index (Phi) is 8.55. The zero-order valence-corrected chi connectivity index (χ0v) is 22.5. The summed E-state index contributed by atoms with van der Waals surface area (Å²) in [6, 6.07) is 13.4. The maximum atomic E-state index is 13.1. The molecular weight excluding hydrogens is 527 g/mol. The van der Waals surface area contributed by atoms with Crippen molar-refractivity contribution in [2.75, 3.05) is 23.0 Å². The van der Waals surface area contributed by atoms with Crippen molar-refractivity contribution in [1.82, 2.24) is 0 Å². The first kappa shape index (κ1) is 28.1. The van der Waals surface area contributed by atoms with Crippen LogP contribution in [0.4, 0.5) is 35.0 Å². The van der Waals surface area contributed by atoms with Gasteiger partial charge in [-0.1, -0.05) is 49.7 Å². The Labute approximate surface area is 230 Å². The maximum Gasteiger partial charge on any atom is 0.417 e. The third-order valence-electron chi connectivity index (χ3n) is 6.50. The summed E-state index contributed by atoms with van der Waals surface area (Å²) in [5, 5.41) is 7.94. The van der Waals surface area contributed by atoms with E-state index in [2.05, 4.69) is 48.0 Å². The molecular formula is C30H29ClF3N3O2. The van der Waals surface area contributed by atoms with Crippen LogP contribution < -0.4 is 20.7 Å². The van der Waals surface area contributed by atoms with E-state index in [9.17, 15) is 18.0 Å². The van der Waals surface area contributed by atoms with Crippen LogP contribution in [0.15, 0.2) is 72.8 Å². The monoisotopic (exact) mass is 555 g/mol. The fourth-order valence-electron chi connectivity index (χ4n) is 4.59. The van der Waals surface area contributed by atoms with Gasteiger partial charge in [0.2, 0.25) is 0 Å². The van der Waals surface area contributed by atoms with Gasteiger partial charge in [-0.05, 0) is 72.5 Å². The number of carbonyl (C=O) groups is 1. The summed E-state index contributed by atoms with van der Waals surface area (Å²) in [4.78, 5) is 12.4. The van der Waals surface area contributed by atoms with E-state index >= 15 is 0 Å². The van der Waals surface area contributed by atoms with Crippen LogP contribution in [0, 0.1) is 0 Å². The Morgan fingerprint density at radius 1 is 1.00 bits per heavy atom. The van der Waals surface area contributed by atoms with Gasteiger partial charge in [0, 0.05) is 35.6 Å². The number of carbonyl (C=O) groups excluding carboxylic acids is 1. The normalized spacial score (nSPS) is 14.6. The van der Waals surface area contributed by atoms with E-state index in [0.717, 1.165) is 36.2 Å². The summed E-state index contributed by atoms with van der Waals surface area (Å²) in [6.07, 6.45) is 3.36. The van der Waals surface area contributed by atoms with Gasteiger partial charge in [0.25, 0.3) is 0 Å². The minimum absolute atomic E-state index is 0.0336. The average Bonchev–Trinajstić information content (AvgIpc) is 3.08. The molecule has 1 atom stereocenters. The molecule has 2 amide bonds. The van der Waals surface area contributed by atoms with Crippen molar-refractivity contribution in [3.8, 4) is 5.75 Å². The standard InChI is InChI=1S/C30H29ClF3N3O2/c1-4-18-7-6-8-26(23-15-9-19(5-2)28(35-3)27(18)23)39-22-13-10-20(11-14-22)36-29(38)37-21-12-16-25(31)24(17-21)30(32,33)34/h6-18,35H,4-5H2,1-3H3,(H2,36,37,38). The van der Waals surface area contributed by atoms with Crippen LogP contribution in [0.1, 0.15) is 48.4 Å². The van der Waals surface area contributed by atoms with E-state index < -0.39 is 22.8 Å². The quantitative estimate of drug-likeness (QED) is 0.272. The van der Waals surface area contributed by atoms with Gasteiger partial charge in [-0.2, -0.15) is 13.2 Å². The van der Waals surface area contributed by atoms with Crippen LogP contribution in [-0.2, 0) is 12.6 Å². The minimum Gasteiger partial charge on any atom is -0.457 e. The minimum atomic E-state index is -4.63. The number of amides is 2. The zero-order chi connectivity index (χ0) is 28.2. The molecule has 0 spiro atoms. The molecule has 204 valence electrons. The lowest BCUT2D eigenvalue weighted by Gasteiger charge is -2.23. The van der Waals surface area contributed by atoms with Gasteiger partial charge in [-0.15, -0.1) is 0 Å². The summed E-state index contributed by atoms with van der Waals surface area (Å²) in [6.45, 7) is 4.29. The predicted octanol–water partition coefficient (Wildman–Crippen LogP) is 9.09. The number of halogens is 4. The molecule has 1 aliphatic carbocycles. The summed E-state index contributed by atoms with van der Waals surface area (Å²) in [5.41, 5.74) is 3.96. The van der Waals surface area contributed by atoms with Crippen molar-refractivity contribution < 1.29 is 22.7 Å². The third-order valence-corrected chi connectivity index (χ3v) is 6.83. The Morgan fingerprint density at radius 3 is 2.33 bits per heavy atom. The van der Waals surface area contributed by atoms with Gasteiger partial charge in [0.05, 0.1) is 10.6 Å². The van der Waals surface area contributed by atoms with Gasteiger partial charge in [-0.25, -0.2) is 4.79 Å². The highest BCUT2D eigenvalue weighted by Crippen LogP contribution is 2.40. The fraction of sp³-hybridized carbons (Fsp3) is 0.233. The number of urea groups is 1. The van der Waals surface area contributed by atoms with E-state index in [1.807, 2.05) is 19.2 Å². The van der Waals surface area contributed by atoms with Gasteiger partial charge in [0.15, 0.2) is 0 Å². The summed E-state index contributed by atoms with van der Waals surface area (Å²) in [7, 11) is 1.93. The van der Waals surface area contributed by atoms with E-state index in [1.165, 1.54) is 17.2 Å². The van der Waals surface area contributed by atoms with Crippen molar-refractivity contribution in [2.45, 2.75) is 38.8 Å². The Hall–Kier alpha value is -3.91. The molecule has 0 aromatic heterocycles. The Bertz CT molecular complexity index is 1420. The molecule has 1 unspecified atom stereocenters. The molecule has 3 aromatic rings. The summed E-state index contributed by atoms with van der Waals surface area (Å²) < 4.78 is 45.6. The van der Waals surface area contributed by atoms with Crippen LogP contribution in [0.5, 0.6) is 5.75 Å². The molecule has 0 radical (unpaired) electrons. The van der Waals surface area contributed by atoms with Gasteiger partial charge < -0.3 is 20.7 Å². The van der Waals surface area contributed by atoms with Crippen LogP contribution >= 0.6 is 11.6 Å². The van der Waals surface area contributed by atoms with E-state index in [-0.39, 0.29) is 11.6 Å². The number of benzene rings is 3. The average molecular weight is 556 g/mol. The third kappa shape index (κ3) is 6.40. The highest BCUT2D eigenvalue weighted by Gasteiger charge is 2.33. The number of aryl methyl sites for hydroxylation is 1. The number of anilines is 3. The first-order valence-electron chi connectivity index (χ1n) is 12.6. The SMILES string of the molecule is CCc1ccc2c(c1NC)C(CC)C=CC=C2Oc1ccc(NC(=O)Nc2ccc(Cl)c(C(F)(F)F)c2)cc1. The first-order valence-corrected chi connectivity index (χ1v) is 13.0. The summed E-state index contributed by atoms with van der Waals surface area (Å²) in [5.74, 6) is 1.52. The van der Waals surface area contributed by atoms with Crippen molar-refractivity contribution in [1.29, 1.82) is 0 Å². The Balaban J connectivity index is 1.49. The number of rotatable bonds is 7. The number of hydrogen-bond donors (Lipinski definition) is 3. The van der Waals surface area contributed by atoms with Gasteiger partial charge in [-0.3, -0.25) is 0 Å². The van der Waals surface area contributed by atoms with E-state index in [0.29, 0.717) is 17.2 Å². The smallest absolute Gasteiger partial charge is 0.417 e. The molecule has 1 aliphatic rings. The van der Waals surface area contributed by atoms with Crippen LogP contribution in [-0.4, -0.2) is 13.1 Å². The fourth-order valence-corrected chi connectivity index (χ4v) is 4.82. The predicted molar refractivity (Wildman–Crippen MR) is 152 cm³/mol. The lowest BCUT2D eigenvalue weighted by atomic mass is 9.88. The van der Waals surface area contributed by atoms with E-state index in [4.69, 9.17) is 16.3 Å². The molecule has 0 saturated heterocycles. The van der Waals surface area contributed by atoms with Crippen molar-refractivity contribution in [2.24, 2.45) is 0 Å². The van der Waals surface area contributed by atoms with Gasteiger partial charge in [0.1, 0.15) is 11.5 Å². The number of ether oxygens (including phenoxy) is 1. The molecule has 0 aliphatic heterocycles. The second-order valence-electron chi connectivity index (χ2n) is 8.99. The molecule has 0 heterocycles. The summed E-state index contributed by atoms with van der Waals surface area (Å²) >= 11 is 5.64. The van der Waals surface area contributed by atoms with Gasteiger partial charge >= 0.3 is 12.2 Å². The maximum absolute atomic E-state index is 13.1. The van der Waals surface area contributed by atoms with Crippen LogP contribution in [0.3, 0.4) is 0 Å². The van der Waals surface area contributed by atoms with Crippen LogP contribution in [0.2, 0.25) is 5.02 Å². The highest BCUT2D eigenvalue weighted by atomic mass is 35.5. The number of fused-ring (bicyclic) bond motifs is 1. The molecule has 39 heavy (non-hydrogen) atoms. The van der Waals surface area contributed by atoms with E-state index in [1.54, 1.807) is 24.3 Å². The highest BCUT2D eigenvalue weighted by molar-refractivity contribution is 6.31. The molecule has 9 heteroatoms. The van der Waals surface area contributed by atoms with Crippen molar-refractivity contribution >= 4 is 40.5 Å². The lowest BCUT2D eigenvalue weighted by molar-refractivity contribution is -0.137. The molecule has 3 aromatic carbocycles. The van der Waals surface area contributed by atoms with Crippen molar-refractivity contribution in [3.05, 3.63) is 100 Å². The van der Waals surface area contributed by atoms with Crippen LogP contribution in [0.25, 0.3) is 5.76 Å².